The van der Waals surface area contributed by atoms with Gasteiger partial charge in [0.25, 0.3) is 6.47 Å². The second-order valence-electron chi connectivity index (χ2n) is 11.1. The van der Waals surface area contributed by atoms with Gasteiger partial charge in [-0.2, -0.15) is 13.2 Å². The Kier molecular flexibility index (Phi) is 7.16. The minimum atomic E-state index is -4.45. The summed E-state index contributed by atoms with van der Waals surface area (Å²) in [7, 11) is 0. The summed E-state index contributed by atoms with van der Waals surface area (Å²) in [6.07, 6.45) is 0.183. The van der Waals surface area contributed by atoms with Crippen molar-refractivity contribution in [1.82, 2.24) is 4.98 Å². The number of ether oxygens (including phenoxy) is 2. The third-order valence-electron chi connectivity index (χ3n) is 8.09. The third kappa shape index (κ3) is 5.38. The zero-order chi connectivity index (χ0) is 27.9. The van der Waals surface area contributed by atoms with Crippen molar-refractivity contribution < 1.29 is 31.8 Å². The van der Waals surface area contributed by atoms with Crippen molar-refractivity contribution in [2.45, 2.75) is 70.1 Å². The van der Waals surface area contributed by atoms with Crippen molar-refractivity contribution in [1.29, 1.82) is 0 Å². The molecule has 6 rings (SSSR count). The van der Waals surface area contributed by atoms with Gasteiger partial charge in [-0.25, -0.2) is 9.37 Å². The molecule has 0 aliphatic heterocycles. The number of aromatic nitrogens is 1. The third-order valence-corrected chi connectivity index (χ3v) is 8.09. The number of hydrogen-bond donors (Lipinski definition) is 0. The number of alkyl halides is 3. The van der Waals surface area contributed by atoms with Crippen LogP contribution in [0.25, 0.3) is 0 Å². The molecule has 0 bridgehead atoms. The van der Waals surface area contributed by atoms with Crippen LogP contribution in [-0.2, 0) is 34.2 Å². The van der Waals surface area contributed by atoms with Gasteiger partial charge in [0.15, 0.2) is 0 Å². The van der Waals surface area contributed by atoms with E-state index >= 15 is 4.39 Å². The molecule has 206 valence electrons. The molecule has 3 unspecified atom stereocenters. The molecule has 3 aliphatic carbocycles. The smallest absolute Gasteiger partial charge is 0.416 e. The zero-order valence-electron chi connectivity index (χ0n) is 22.1. The number of pyridine rings is 1. The fourth-order valence-corrected chi connectivity index (χ4v) is 6.12. The van der Waals surface area contributed by atoms with Gasteiger partial charge in [-0.05, 0) is 89.5 Å². The molecule has 1 fully saturated rings. The Hall–Kier alpha value is -3.42. The molecule has 8 heteroatoms. The summed E-state index contributed by atoms with van der Waals surface area (Å²) in [5.41, 5.74) is 3.54. The van der Waals surface area contributed by atoms with Crippen LogP contribution in [0.5, 0.6) is 5.88 Å². The van der Waals surface area contributed by atoms with E-state index in [2.05, 4.69) is 9.72 Å². The first kappa shape index (κ1) is 27.2. The van der Waals surface area contributed by atoms with Crippen LogP contribution in [0.3, 0.4) is 0 Å². The maximum Gasteiger partial charge on any atom is 0.416 e. The van der Waals surface area contributed by atoms with Gasteiger partial charge in [-0.1, -0.05) is 32.0 Å². The molecule has 0 amide bonds. The van der Waals surface area contributed by atoms with E-state index in [1.165, 1.54) is 35.7 Å². The number of benzene rings is 2. The molecule has 3 aliphatic rings. The highest BCUT2D eigenvalue weighted by molar-refractivity contribution is 5.51. The van der Waals surface area contributed by atoms with E-state index in [1.54, 1.807) is 19.1 Å². The predicted molar refractivity (Wildman–Crippen MR) is 138 cm³/mol. The Morgan fingerprint density at radius 2 is 1.87 bits per heavy atom. The van der Waals surface area contributed by atoms with E-state index in [0.29, 0.717) is 36.9 Å². The molecule has 4 nitrogen and oxygen atoms in total. The van der Waals surface area contributed by atoms with Crippen LogP contribution < -0.4 is 4.74 Å². The number of rotatable bonds is 6. The molecule has 1 aromatic heterocycles. The van der Waals surface area contributed by atoms with Crippen LogP contribution in [0.15, 0.2) is 48.7 Å². The first-order valence-electron chi connectivity index (χ1n) is 13.2. The van der Waals surface area contributed by atoms with E-state index in [4.69, 9.17) is 4.74 Å². The number of carbonyl (C=O) groups excluding carboxylic acids is 1. The van der Waals surface area contributed by atoms with Gasteiger partial charge in [-0.3, -0.25) is 4.79 Å². The zero-order valence-corrected chi connectivity index (χ0v) is 22.1. The Balaban J connectivity index is 0.000000567. The van der Waals surface area contributed by atoms with E-state index in [9.17, 15) is 18.0 Å². The lowest BCUT2D eigenvalue weighted by atomic mass is 9.84. The molecule has 1 heterocycles. The first-order chi connectivity index (χ1) is 18.5. The standard InChI is InChI=1S/C28H25F4NO.C3H6O2/c1-27(2)12-21(18-5-3-4-6-23(18)28(30,31)32)20-9-17(25(29)11-24(20)27)14-34-26-10-16-7-15-8-19(15)22(16)13-33-26;1-2-5-3-4/h3-6,9-11,13,15,19,21H,7-8,12,14H2,1-2H3;3H,2H2,1H3. The van der Waals surface area contributed by atoms with Crippen LogP contribution in [0, 0.1) is 11.7 Å². The van der Waals surface area contributed by atoms with Crippen LogP contribution in [0.1, 0.15) is 84.4 Å². The van der Waals surface area contributed by atoms with E-state index in [1.807, 2.05) is 26.1 Å². The van der Waals surface area contributed by atoms with E-state index < -0.39 is 28.9 Å². The van der Waals surface area contributed by atoms with Crippen LogP contribution in [-0.4, -0.2) is 18.1 Å². The van der Waals surface area contributed by atoms with Gasteiger partial charge in [0, 0.05) is 23.7 Å². The highest BCUT2D eigenvalue weighted by Gasteiger charge is 2.45. The summed E-state index contributed by atoms with van der Waals surface area (Å²) in [6.45, 7) is 6.55. The fourth-order valence-electron chi connectivity index (χ4n) is 6.12. The highest BCUT2D eigenvalue weighted by Crippen LogP contribution is 2.56. The number of fused-ring (bicyclic) bond motifs is 4. The second-order valence-corrected chi connectivity index (χ2v) is 11.1. The number of halogens is 4. The molecular weight excluding hydrogens is 510 g/mol. The minimum absolute atomic E-state index is 0.0220. The quantitative estimate of drug-likeness (QED) is 0.240. The van der Waals surface area contributed by atoms with Crippen molar-refractivity contribution in [3.8, 4) is 5.88 Å². The van der Waals surface area contributed by atoms with Gasteiger partial charge in [-0.15, -0.1) is 0 Å². The molecule has 39 heavy (non-hydrogen) atoms. The van der Waals surface area contributed by atoms with Crippen molar-refractivity contribution in [2.24, 2.45) is 5.92 Å². The first-order valence-corrected chi connectivity index (χ1v) is 13.2. The number of hydrogen-bond acceptors (Lipinski definition) is 4. The van der Waals surface area contributed by atoms with Gasteiger partial charge in [0.05, 0.1) is 12.2 Å². The molecule has 3 aromatic rings. The van der Waals surface area contributed by atoms with Crippen molar-refractivity contribution in [2.75, 3.05) is 6.61 Å². The predicted octanol–water partition coefficient (Wildman–Crippen LogP) is 7.47. The summed E-state index contributed by atoms with van der Waals surface area (Å²) < 4.78 is 66.4. The lowest BCUT2D eigenvalue weighted by molar-refractivity contribution is -0.138. The molecule has 0 N–H and O–H groups in total. The van der Waals surface area contributed by atoms with Gasteiger partial charge >= 0.3 is 6.18 Å². The minimum Gasteiger partial charge on any atom is -0.473 e. The monoisotopic (exact) mass is 541 g/mol. The molecule has 1 saturated carbocycles. The van der Waals surface area contributed by atoms with Crippen LogP contribution in [0.4, 0.5) is 17.6 Å². The number of carbonyl (C=O) groups is 1. The summed E-state index contributed by atoms with van der Waals surface area (Å²) in [5.74, 6) is 0.969. The van der Waals surface area contributed by atoms with Crippen LogP contribution >= 0.6 is 0 Å². The maximum atomic E-state index is 15.1. The van der Waals surface area contributed by atoms with Crippen molar-refractivity contribution in [3.63, 3.8) is 0 Å². The van der Waals surface area contributed by atoms with E-state index in [-0.39, 0.29) is 12.2 Å². The maximum absolute atomic E-state index is 15.1. The number of nitrogens with zero attached hydrogens (tertiary/aromatic N) is 1. The summed E-state index contributed by atoms with van der Waals surface area (Å²) in [5, 5.41) is 0. The topological polar surface area (TPSA) is 48.4 Å². The average Bonchev–Trinajstić information content (AvgIpc) is 3.49. The largest absolute Gasteiger partial charge is 0.473 e. The van der Waals surface area contributed by atoms with Crippen molar-refractivity contribution >= 4 is 6.47 Å². The molecule has 3 atom stereocenters. The van der Waals surface area contributed by atoms with Gasteiger partial charge in [0.2, 0.25) is 5.88 Å². The van der Waals surface area contributed by atoms with E-state index in [0.717, 1.165) is 29.5 Å². The van der Waals surface area contributed by atoms with Gasteiger partial charge < -0.3 is 9.47 Å². The molecule has 0 radical (unpaired) electrons. The fraction of sp³-hybridized carbons (Fsp3) is 0.419. The molecule has 0 spiro atoms. The normalized spacial score (nSPS) is 21.7. The molecular formula is C31H31F4NO3. The Morgan fingerprint density at radius 3 is 2.56 bits per heavy atom. The lowest BCUT2D eigenvalue weighted by Gasteiger charge is -2.21. The Labute approximate surface area is 225 Å². The Bertz CT molecular complexity index is 1380. The molecule has 0 saturated heterocycles. The summed E-state index contributed by atoms with van der Waals surface area (Å²) >= 11 is 0. The lowest BCUT2D eigenvalue weighted by Crippen LogP contribution is -2.14. The highest BCUT2D eigenvalue weighted by atomic mass is 19.4. The summed E-state index contributed by atoms with van der Waals surface area (Å²) in [6, 6.07) is 10.8. The van der Waals surface area contributed by atoms with Gasteiger partial charge in [0.1, 0.15) is 12.4 Å². The molecule has 2 aromatic carbocycles. The second kappa shape index (κ2) is 10.3. The average molecular weight is 542 g/mol. The van der Waals surface area contributed by atoms with Crippen LogP contribution in [0.2, 0.25) is 0 Å². The van der Waals surface area contributed by atoms with Crippen molar-refractivity contribution in [3.05, 3.63) is 93.4 Å². The summed E-state index contributed by atoms with van der Waals surface area (Å²) in [4.78, 5) is 13.6. The SMILES string of the molecule is CC1(C)CC(c2ccccc2C(F)(F)F)c2cc(COc3cc4c(cn3)C3CC3C4)c(F)cc21.CCOC=O. The Morgan fingerprint density at radius 1 is 1.10 bits per heavy atom.